The zero-order valence-electron chi connectivity index (χ0n) is 17.3. The van der Waals surface area contributed by atoms with Gasteiger partial charge in [0, 0.05) is 24.0 Å². The second kappa shape index (κ2) is 7.03. The summed E-state index contributed by atoms with van der Waals surface area (Å²) < 4.78 is 5.77. The Labute approximate surface area is 175 Å². The van der Waals surface area contributed by atoms with Crippen LogP contribution in [-0.4, -0.2) is 33.2 Å². The van der Waals surface area contributed by atoms with Crippen molar-refractivity contribution in [1.29, 1.82) is 0 Å². The number of likely N-dealkylation sites (tertiary alicyclic amines) is 1. The maximum absolute atomic E-state index is 11.2. The molecule has 6 heteroatoms. The summed E-state index contributed by atoms with van der Waals surface area (Å²) in [5.74, 6) is 0.513. The lowest BCUT2D eigenvalue weighted by Gasteiger charge is -2.27. The smallest absolute Gasteiger partial charge is 0.133 e. The molecule has 0 spiro atoms. The van der Waals surface area contributed by atoms with Crippen LogP contribution in [0.2, 0.25) is 0 Å². The molecule has 1 fully saturated rings. The Balaban J connectivity index is 1.45. The summed E-state index contributed by atoms with van der Waals surface area (Å²) >= 11 is 0. The number of fused-ring (bicyclic) bond motifs is 3. The number of nitrogens with two attached hydrogens (primary N) is 1. The first kappa shape index (κ1) is 19.5. The molecule has 3 heterocycles. The van der Waals surface area contributed by atoms with Crippen molar-refractivity contribution in [2.75, 3.05) is 18.8 Å². The Hall–Kier alpha value is -2.51. The number of anilines is 1. The molecule has 0 amide bonds. The molecular weight excluding hydrogens is 378 g/mol. The third kappa shape index (κ3) is 3.08. The van der Waals surface area contributed by atoms with E-state index in [2.05, 4.69) is 4.98 Å². The fourth-order valence-corrected chi connectivity index (χ4v) is 4.79. The van der Waals surface area contributed by atoms with Crippen molar-refractivity contribution in [2.45, 2.75) is 44.8 Å². The minimum Gasteiger partial charge on any atom is -0.384 e. The number of aliphatic hydroxyl groups excluding tert-OH is 1. The van der Waals surface area contributed by atoms with Crippen LogP contribution in [-0.2, 0) is 16.9 Å². The summed E-state index contributed by atoms with van der Waals surface area (Å²) in [6.07, 6.45) is -0.296. The molecule has 2 aliphatic heterocycles. The molecule has 2 aromatic carbocycles. The summed E-state index contributed by atoms with van der Waals surface area (Å²) in [7, 11) is 0. The van der Waals surface area contributed by atoms with Crippen molar-refractivity contribution < 1.29 is 14.9 Å². The molecule has 0 radical (unpaired) electrons. The van der Waals surface area contributed by atoms with Crippen LogP contribution in [0.5, 0.6) is 0 Å². The van der Waals surface area contributed by atoms with E-state index < -0.39 is 11.8 Å². The van der Waals surface area contributed by atoms with Gasteiger partial charge in [-0.15, -0.1) is 0 Å². The van der Waals surface area contributed by atoms with E-state index in [1.165, 1.54) is 0 Å². The molecule has 3 aromatic rings. The molecule has 30 heavy (non-hydrogen) atoms. The average molecular weight is 405 g/mol. The largest absolute Gasteiger partial charge is 0.384 e. The lowest BCUT2D eigenvalue weighted by atomic mass is 9.92. The minimum absolute atomic E-state index is 0.0754. The molecular formula is C24H27N3O3. The lowest BCUT2D eigenvalue weighted by Crippen LogP contribution is -2.33. The number of pyridine rings is 1. The van der Waals surface area contributed by atoms with E-state index in [-0.39, 0.29) is 6.10 Å². The maximum Gasteiger partial charge on any atom is 0.133 e. The second-order valence-electron chi connectivity index (χ2n) is 8.61. The summed E-state index contributed by atoms with van der Waals surface area (Å²) in [4.78, 5) is 6.45. The van der Waals surface area contributed by atoms with Gasteiger partial charge in [0.15, 0.2) is 0 Å². The molecule has 1 aromatic heterocycles. The number of hydrogen-bond acceptors (Lipinski definition) is 6. The number of nitrogens with zero attached hydrogens (tertiary/aromatic N) is 2. The molecule has 4 N–H and O–H groups in total. The van der Waals surface area contributed by atoms with E-state index >= 15 is 0 Å². The van der Waals surface area contributed by atoms with Crippen molar-refractivity contribution in [3.8, 4) is 0 Å². The van der Waals surface area contributed by atoms with E-state index in [1.807, 2.05) is 61.2 Å². The van der Waals surface area contributed by atoms with Crippen LogP contribution in [0.25, 0.3) is 10.9 Å². The average Bonchev–Trinajstić information content (AvgIpc) is 3.32. The van der Waals surface area contributed by atoms with Crippen molar-refractivity contribution in [3.05, 3.63) is 70.3 Å². The standard InChI is InChI=1S/C24H27N3O3/c1-14-3-6-17(7-4-14)24(29)9-10-27(13-24)23(28)16-5-8-20-18(11-16)19-12-30-15(2)21(19)22(25)26-20/h3-8,11,15,23,28-29H,9-10,12-13H2,1-2H3,(H2,25,26)/t15-,23?,24-/m1/s1. The molecule has 6 nitrogen and oxygen atoms in total. The SMILES string of the molecule is Cc1ccc([C@@]2(O)CCN(C(O)c3ccc4nc(N)c5c(c4c3)CO[C@@H]5C)C2)cc1. The zero-order chi connectivity index (χ0) is 21.0. The fourth-order valence-electron chi connectivity index (χ4n) is 4.79. The van der Waals surface area contributed by atoms with Crippen LogP contribution in [0, 0.1) is 6.92 Å². The van der Waals surface area contributed by atoms with Crippen LogP contribution in [0.1, 0.15) is 53.5 Å². The molecule has 5 rings (SSSR count). The Morgan fingerprint density at radius 3 is 2.77 bits per heavy atom. The number of β-amino-alcohol motifs (C(OH)–C–C–N with tert-alkyl or cyclic N) is 1. The van der Waals surface area contributed by atoms with Gasteiger partial charge >= 0.3 is 0 Å². The van der Waals surface area contributed by atoms with Crippen molar-refractivity contribution in [2.24, 2.45) is 0 Å². The van der Waals surface area contributed by atoms with Crippen molar-refractivity contribution in [3.63, 3.8) is 0 Å². The summed E-state index contributed by atoms with van der Waals surface area (Å²) in [6, 6.07) is 13.7. The predicted molar refractivity (Wildman–Crippen MR) is 116 cm³/mol. The van der Waals surface area contributed by atoms with Gasteiger partial charge < -0.3 is 20.7 Å². The lowest BCUT2D eigenvalue weighted by molar-refractivity contribution is -0.0146. The highest BCUT2D eigenvalue weighted by Gasteiger charge is 2.40. The molecule has 2 aliphatic rings. The Morgan fingerprint density at radius 1 is 1.23 bits per heavy atom. The van der Waals surface area contributed by atoms with Gasteiger partial charge in [-0.2, -0.15) is 0 Å². The van der Waals surface area contributed by atoms with E-state index in [9.17, 15) is 10.2 Å². The monoisotopic (exact) mass is 405 g/mol. The third-order valence-electron chi connectivity index (χ3n) is 6.58. The van der Waals surface area contributed by atoms with E-state index in [4.69, 9.17) is 10.5 Å². The highest BCUT2D eigenvalue weighted by Crippen LogP contribution is 2.40. The number of nitrogen functional groups attached to an aromatic ring is 1. The quantitative estimate of drug-likeness (QED) is 0.619. The highest BCUT2D eigenvalue weighted by atomic mass is 16.5. The van der Waals surface area contributed by atoms with E-state index in [0.717, 1.165) is 38.7 Å². The molecule has 0 saturated carbocycles. The van der Waals surface area contributed by atoms with E-state index in [0.29, 0.717) is 31.9 Å². The van der Waals surface area contributed by atoms with Gasteiger partial charge in [-0.25, -0.2) is 4.98 Å². The predicted octanol–water partition coefficient (Wildman–Crippen LogP) is 3.30. The van der Waals surface area contributed by atoms with Crippen molar-refractivity contribution >= 4 is 16.7 Å². The van der Waals surface area contributed by atoms with Gasteiger partial charge in [-0.1, -0.05) is 35.9 Å². The van der Waals surface area contributed by atoms with Crippen LogP contribution in [0.4, 0.5) is 5.82 Å². The van der Waals surface area contributed by atoms with Crippen LogP contribution in [0.15, 0.2) is 42.5 Å². The van der Waals surface area contributed by atoms with Gasteiger partial charge in [0.2, 0.25) is 0 Å². The zero-order valence-corrected chi connectivity index (χ0v) is 17.3. The van der Waals surface area contributed by atoms with Gasteiger partial charge in [-0.3, -0.25) is 4.90 Å². The van der Waals surface area contributed by atoms with Gasteiger partial charge in [0.25, 0.3) is 0 Å². The Morgan fingerprint density at radius 2 is 2.00 bits per heavy atom. The highest BCUT2D eigenvalue weighted by molar-refractivity contribution is 5.87. The molecule has 0 aliphatic carbocycles. The molecule has 1 unspecified atom stereocenters. The Kier molecular flexibility index (Phi) is 4.56. The first-order chi connectivity index (χ1) is 14.4. The summed E-state index contributed by atoms with van der Waals surface area (Å²) in [5.41, 5.74) is 10.8. The molecule has 3 atom stereocenters. The molecule has 1 saturated heterocycles. The minimum atomic E-state index is -0.952. The number of aromatic nitrogens is 1. The first-order valence-electron chi connectivity index (χ1n) is 10.4. The molecule has 0 bridgehead atoms. The summed E-state index contributed by atoms with van der Waals surface area (Å²) in [5, 5.41) is 23.2. The van der Waals surface area contributed by atoms with Gasteiger partial charge in [0.05, 0.1) is 18.2 Å². The maximum atomic E-state index is 11.2. The molecule has 156 valence electrons. The summed E-state index contributed by atoms with van der Waals surface area (Å²) in [6.45, 7) is 5.50. The third-order valence-corrected chi connectivity index (χ3v) is 6.58. The topological polar surface area (TPSA) is 91.8 Å². The van der Waals surface area contributed by atoms with Crippen molar-refractivity contribution in [1.82, 2.24) is 9.88 Å². The number of ether oxygens (including phenoxy) is 1. The first-order valence-corrected chi connectivity index (χ1v) is 10.4. The van der Waals surface area contributed by atoms with Crippen LogP contribution >= 0.6 is 0 Å². The second-order valence-corrected chi connectivity index (χ2v) is 8.61. The number of rotatable bonds is 3. The normalized spacial score (nSPS) is 25.0. The van der Waals surface area contributed by atoms with Gasteiger partial charge in [0.1, 0.15) is 17.6 Å². The number of aliphatic hydroxyl groups is 2. The number of benzene rings is 2. The Bertz CT molecular complexity index is 1110. The number of aryl methyl sites for hydroxylation is 1. The van der Waals surface area contributed by atoms with Crippen LogP contribution in [0.3, 0.4) is 0 Å². The van der Waals surface area contributed by atoms with Crippen LogP contribution < -0.4 is 5.73 Å². The number of hydrogen-bond donors (Lipinski definition) is 3. The van der Waals surface area contributed by atoms with Gasteiger partial charge in [-0.05, 0) is 49.1 Å². The fraction of sp³-hybridized carbons (Fsp3) is 0.375. The van der Waals surface area contributed by atoms with E-state index in [1.54, 1.807) is 0 Å².